The van der Waals surface area contributed by atoms with E-state index in [-0.39, 0.29) is 5.75 Å². The predicted molar refractivity (Wildman–Crippen MR) is 96.1 cm³/mol. The summed E-state index contributed by atoms with van der Waals surface area (Å²) in [4.78, 5) is 0. The van der Waals surface area contributed by atoms with Gasteiger partial charge in [0.1, 0.15) is 0 Å². The second kappa shape index (κ2) is 9.61. The molecule has 2 rings (SSSR count). The Hall–Kier alpha value is -1.64. The molecule has 0 heterocycles. The number of allylic oxidation sites excluding steroid dienone is 4. The average molecular weight is 334 g/mol. The molecule has 0 amide bonds. The predicted octanol–water partition coefficient (Wildman–Crippen LogP) is 6.68. The van der Waals surface area contributed by atoms with E-state index in [0.29, 0.717) is 18.1 Å². The highest BCUT2D eigenvalue weighted by atomic mass is 19.2. The van der Waals surface area contributed by atoms with Crippen LogP contribution in [-0.2, 0) is 0 Å². The Morgan fingerprint density at radius 3 is 2.67 bits per heavy atom. The molecule has 0 N–H and O–H groups in total. The van der Waals surface area contributed by atoms with Gasteiger partial charge in [0.05, 0.1) is 6.61 Å². The molecule has 0 fully saturated rings. The number of rotatable bonds is 8. The number of hydrogen-bond donors (Lipinski definition) is 0. The van der Waals surface area contributed by atoms with E-state index in [9.17, 15) is 8.78 Å². The van der Waals surface area contributed by atoms with Crippen molar-refractivity contribution in [3.63, 3.8) is 0 Å². The topological polar surface area (TPSA) is 9.23 Å². The number of ether oxygens (including phenoxy) is 1. The average Bonchev–Trinajstić information content (AvgIpc) is 2.60. The van der Waals surface area contributed by atoms with Gasteiger partial charge < -0.3 is 4.74 Å². The molecule has 3 heteroatoms. The van der Waals surface area contributed by atoms with Crippen molar-refractivity contribution in [1.82, 2.24) is 0 Å². The molecule has 0 spiro atoms. The third-order valence-corrected chi connectivity index (χ3v) is 4.56. The van der Waals surface area contributed by atoms with Crippen LogP contribution in [0, 0.1) is 17.6 Å². The van der Waals surface area contributed by atoms with Crippen LogP contribution in [-0.4, -0.2) is 6.61 Å². The van der Waals surface area contributed by atoms with Gasteiger partial charge in [0.15, 0.2) is 11.6 Å². The summed E-state index contributed by atoms with van der Waals surface area (Å²) >= 11 is 0. The highest BCUT2D eigenvalue weighted by Gasteiger charge is 2.20. The van der Waals surface area contributed by atoms with Crippen LogP contribution in [0.2, 0.25) is 0 Å². The summed E-state index contributed by atoms with van der Waals surface area (Å²) in [6, 6.07) is 3.22. The molecule has 1 aliphatic rings. The fourth-order valence-electron chi connectivity index (χ4n) is 3.15. The Morgan fingerprint density at radius 2 is 2.00 bits per heavy atom. The number of benzene rings is 1. The van der Waals surface area contributed by atoms with Crippen LogP contribution >= 0.6 is 0 Å². The van der Waals surface area contributed by atoms with Crippen molar-refractivity contribution in [1.29, 1.82) is 0 Å². The van der Waals surface area contributed by atoms with Gasteiger partial charge in [-0.15, -0.1) is 0 Å². The van der Waals surface area contributed by atoms with Crippen LogP contribution in [0.4, 0.5) is 8.78 Å². The third kappa shape index (κ3) is 4.93. The van der Waals surface area contributed by atoms with Crippen molar-refractivity contribution in [2.24, 2.45) is 5.92 Å². The largest absolute Gasteiger partial charge is 0.490 e. The Balaban J connectivity index is 2.02. The first-order chi connectivity index (χ1) is 11.7. The second-order valence-corrected chi connectivity index (χ2v) is 6.44. The van der Waals surface area contributed by atoms with E-state index in [1.165, 1.54) is 0 Å². The maximum atomic E-state index is 14.4. The van der Waals surface area contributed by atoms with Gasteiger partial charge in [-0.05, 0) is 56.2 Å². The number of hydrogen-bond acceptors (Lipinski definition) is 1. The van der Waals surface area contributed by atoms with Crippen LogP contribution in [0.15, 0.2) is 30.4 Å². The van der Waals surface area contributed by atoms with Gasteiger partial charge in [-0.1, -0.05) is 44.4 Å². The molecular weight excluding hydrogens is 306 g/mol. The van der Waals surface area contributed by atoms with E-state index in [1.807, 2.05) is 13.0 Å². The zero-order valence-electron chi connectivity index (χ0n) is 14.8. The first kappa shape index (κ1) is 18.7. The fourth-order valence-corrected chi connectivity index (χ4v) is 3.15. The fraction of sp³-hybridized carbons (Fsp3) is 0.524. The Morgan fingerprint density at radius 1 is 1.17 bits per heavy atom. The molecule has 0 aromatic heterocycles. The first-order valence-electron chi connectivity index (χ1n) is 9.10. The lowest BCUT2D eigenvalue weighted by Gasteiger charge is -2.20. The minimum atomic E-state index is -0.862. The van der Waals surface area contributed by atoms with E-state index in [0.717, 1.165) is 50.5 Å². The van der Waals surface area contributed by atoms with Crippen molar-refractivity contribution in [2.75, 3.05) is 6.61 Å². The molecule has 0 radical (unpaired) electrons. The smallest absolute Gasteiger partial charge is 0.201 e. The molecule has 1 aromatic rings. The summed E-state index contributed by atoms with van der Waals surface area (Å²) in [6.45, 7) is 4.58. The Bertz CT molecular complexity index is 590. The quantitative estimate of drug-likeness (QED) is 0.380. The normalized spacial score (nSPS) is 18.0. The van der Waals surface area contributed by atoms with Crippen LogP contribution in [0.1, 0.15) is 64.4 Å². The van der Waals surface area contributed by atoms with E-state index in [4.69, 9.17) is 4.74 Å². The molecule has 0 aliphatic heterocycles. The lowest BCUT2D eigenvalue weighted by Crippen LogP contribution is -2.06. The van der Waals surface area contributed by atoms with Crippen LogP contribution in [0.3, 0.4) is 0 Å². The maximum Gasteiger partial charge on any atom is 0.201 e. The van der Waals surface area contributed by atoms with Crippen LogP contribution in [0.25, 0.3) is 5.57 Å². The lowest BCUT2D eigenvalue weighted by molar-refractivity contribution is 0.285. The highest BCUT2D eigenvalue weighted by molar-refractivity contribution is 5.67. The standard InChI is InChI=1S/C21H28F2O/c1-3-5-6-7-15-24-19-14-13-18(20(22)21(19)23)17-11-9-16(8-4-2)10-12-17/h4,8,11,13-14,16H,3,5-7,9-10,12,15H2,1-2H3/b8-4+. The molecule has 132 valence electrons. The molecule has 1 atom stereocenters. The van der Waals surface area contributed by atoms with Gasteiger partial charge in [-0.25, -0.2) is 4.39 Å². The molecule has 24 heavy (non-hydrogen) atoms. The minimum Gasteiger partial charge on any atom is -0.490 e. The molecule has 0 saturated carbocycles. The van der Waals surface area contributed by atoms with Crippen LogP contribution in [0.5, 0.6) is 5.75 Å². The Labute approximate surface area is 144 Å². The van der Waals surface area contributed by atoms with Crippen molar-refractivity contribution >= 4 is 5.57 Å². The number of unbranched alkanes of at least 4 members (excludes halogenated alkanes) is 3. The maximum absolute atomic E-state index is 14.4. The van der Waals surface area contributed by atoms with Gasteiger partial charge in [0.2, 0.25) is 5.82 Å². The van der Waals surface area contributed by atoms with Crippen molar-refractivity contribution in [3.8, 4) is 5.75 Å². The zero-order chi connectivity index (χ0) is 17.4. The zero-order valence-corrected chi connectivity index (χ0v) is 14.8. The van der Waals surface area contributed by atoms with Gasteiger partial charge in [0, 0.05) is 5.56 Å². The van der Waals surface area contributed by atoms with Crippen molar-refractivity contribution in [3.05, 3.63) is 47.6 Å². The van der Waals surface area contributed by atoms with E-state index < -0.39 is 11.6 Å². The monoisotopic (exact) mass is 334 g/mol. The van der Waals surface area contributed by atoms with E-state index in [1.54, 1.807) is 12.1 Å². The van der Waals surface area contributed by atoms with Crippen molar-refractivity contribution in [2.45, 2.75) is 58.8 Å². The minimum absolute atomic E-state index is 0.0240. The van der Waals surface area contributed by atoms with Gasteiger partial charge in [0.25, 0.3) is 0 Å². The van der Waals surface area contributed by atoms with E-state index >= 15 is 0 Å². The van der Waals surface area contributed by atoms with Gasteiger partial charge >= 0.3 is 0 Å². The lowest BCUT2D eigenvalue weighted by atomic mass is 9.86. The SMILES string of the molecule is C/C=C/C1CC=C(c2ccc(OCCCCCC)c(F)c2F)CC1. The molecule has 1 aliphatic carbocycles. The molecule has 0 bridgehead atoms. The summed E-state index contributed by atoms with van der Waals surface area (Å²) < 4.78 is 34.1. The van der Waals surface area contributed by atoms with E-state index in [2.05, 4.69) is 19.1 Å². The Kier molecular flexibility index (Phi) is 7.48. The summed E-state index contributed by atoms with van der Waals surface area (Å²) in [5.41, 5.74) is 1.28. The summed E-state index contributed by atoms with van der Waals surface area (Å²) in [5, 5.41) is 0. The third-order valence-electron chi connectivity index (χ3n) is 4.56. The van der Waals surface area contributed by atoms with Gasteiger partial charge in [-0.2, -0.15) is 4.39 Å². The first-order valence-corrected chi connectivity index (χ1v) is 9.10. The van der Waals surface area contributed by atoms with Gasteiger partial charge in [-0.3, -0.25) is 0 Å². The van der Waals surface area contributed by atoms with Crippen LogP contribution < -0.4 is 4.74 Å². The molecule has 1 aromatic carbocycles. The summed E-state index contributed by atoms with van der Waals surface area (Å²) in [6.07, 6.45) is 13.1. The highest BCUT2D eigenvalue weighted by Crippen LogP contribution is 2.34. The molecule has 1 nitrogen and oxygen atoms in total. The summed E-state index contributed by atoms with van der Waals surface area (Å²) in [5.74, 6) is -1.11. The summed E-state index contributed by atoms with van der Waals surface area (Å²) in [7, 11) is 0. The van der Waals surface area contributed by atoms with Crippen molar-refractivity contribution < 1.29 is 13.5 Å². The number of halogens is 2. The molecular formula is C21H28F2O. The molecule has 0 saturated heterocycles. The molecule has 1 unspecified atom stereocenters. The second-order valence-electron chi connectivity index (χ2n) is 6.44.